The van der Waals surface area contributed by atoms with E-state index in [-0.39, 0.29) is 12.1 Å². The molecule has 0 bridgehead atoms. The smallest absolute Gasteiger partial charge is 0.207 e. The van der Waals surface area contributed by atoms with Gasteiger partial charge in [-0.25, -0.2) is 8.42 Å². The van der Waals surface area contributed by atoms with Crippen molar-refractivity contribution in [2.45, 2.75) is 58.5 Å². The predicted octanol–water partition coefficient (Wildman–Crippen LogP) is 3.11. The highest BCUT2D eigenvalue weighted by Gasteiger charge is 2.29. The summed E-state index contributed by atoms with van der Waals surface area (Å²) in [7, 11) is -3.41. The van der Waals surface area contributed by atoms with Gasteiger partial charge in [0.25, 0.3) is 0 Å². The van der Waals surface area contributed by atoms with Gasteiger partial charge in [-0.05, 0) is 64.8 Å². The van der Waals surface area contributed by atoms with Crippen molar-refractivity contribution in [2.24, 2.45) is 0 Å². The molecule has 0 spiro atoms. The van der Waals surface area contributed by atoms with Crippen LogP contribution in [0.5, 0.6) is 0 Å². The molecule has 4 heteroatoms. The van der Waals surface area contributed by atoms with Crippen molar-refractivity contribution in [3.05, 3.63) is 29.3 Å². The van der Waals surface area contributed by atoms with Gasteiger partial charge in [-0.1, -0.05) is 6.07 Å². The molecule has 0 saturated heterocycles. The van der Waals surface area contributed by atoms with E-state index in [2.05, 4.69) is 0 Å². The van der Waals surface area contributed by atoms with Crippen molar-refractivity contribution in [1.82, 2.24) is 4.31 Å². The molecule has 0 aromatic heterocycles. The first kappa shape index (κ1) is 15.2. The number of benzene rings is 1. The number of hydrogen-bond acceptors (Lipinski definition) is 2. The fourth-order valence-corrected chi connectivity index (χ4v) is 4.07. The molecule has 102 valence electrons. The first-order chi connectivity index (χ1) is 8.17. The van der Waals surface area contributed by atoms with Crippen LogP contribution in [-0.2, 0) is 10.0 Å². The second kappa shape index (κ2) is 5.41. The van der Waals surface area contributed by atoms with Crippen LogP contribution in [0.3, 0.4) is 0 Å². The van der Waals surface area contributed by atoms with Gasteiger partial charge in [0.1, 0.15) is 0 Å². The molecular weight excluding hydrogens is 246 g/mol. The molecule has 0 heterocycles. The van der Waals surface area contributed by atoms with E-state index in [1.165, 1.54) is 0 Å². The third-order valence-corrected chi connectivity index (χ3v) is 5.32. The van der Waals surface area contributed by atoms with Crippen LogP contribution >= 0.6 is 0 Å². The summed E-state index contributed by atoms with van der Waals surface area (Å²) in [5, 5.41) is 0. The molecule has 0 atom stereocenters. The van der Waals surface area contributed by atoms with E-state index in [4.69, 9.17) is 0 Å². The zero-order valence-electron chi connectivity index (χ0n) is 12.1. The van der Waals surface area contributed by atoms with Crippen molar-refractivity contribution in [2.75, 3.05) is 0 Å². The van der Waals surface area contributed by atoms with E-state index in [1.807, 2.05) is 47.6 Å². The fraction of sp³-hybridized carbons (Fsp3) is 0.571. The normalized spacial score (nSPS) is 12.7. The van der Waals surface area contributed by atoms with E-state index < -0.39 is 10.0 Å². The van der Waals surface area contributed by atoms with Gasteiger partial charge < -0.3 is 0 Å². The lowest BCUT2D eigenvalue weighted by Gasteiger charge is -2.29. The second-order valence-electron chi connectivity index (χ2n) is 5.27. The molecular formula is C14H23NO2S. The Morgan fingerprint density at radius 3 is 1.83 bits per heavy atom. The molecule has 0 fully saturated rings. The van der Waals surface area contributed by atoms with Crippen LogP contribution in [0.15, 0.2) is 23.1 Å². The molecule has 3 nitrogen and oxygen atoms in total. The van der Waals surface area contributed by atoms with Crippen LogP contribution < -0.4 is 0 Å². The average molecular weight is 269 g/mol. The largest absolute Gasteiger partial charge is 0.243 e. The first-order valence-corrected chi connectivity index (χ1v) is 7.72. The minimum Gasteiger partial charge on any atom is -0.207 e. The van der Waals surface area contributed by atoms with E-state index in [0.29, 0.717) is 4.90 Å². The van der Waals surface area contributed by atoms with Crippen molar-refractivity contribution >= 4 is 10.0 Å². The molecule has 0 amide bonds. The van der Waals surface area contributed by atoms with E-state index in [0.717, 1.165) is 11.1 Å². The summed E-state index contributed by atoms with van der Waals surface area (Å²) in [6.45, 7) is 11.5. The maximum absolute atomic E-state index is 12.6. The molecule has 0 saturated carbocycles. The number of nitrogens with zero attached hydrogens (tertiary/aromatic N) is 1. The van der Waals surface area contributed by atoms with Crippen LogP contribution in [0.2, 0.25) is 0 Å². The third-order valence-electron chi connectivity index (χ3n) is 3.07. The van der Waals surface area contributed by atoms with Gasteiger partial charge in [0.15, 0.2) is 0 Å². The van der Waals surface area contributed by atoms with Gasteiger partial charge in [0.2, 0.25) is 10.0 Å². The Morgan fingerprint density at radius 2 is 1.44 bits per heavy atom. The van der Waals surface area contributed by atoms with E-state index >= 15 is 0 Å². The molecule has 0 aliphatic carbocycles. The SMILES string of the molecule is Cc1ccc(S(=O)(=O)N(C(C)C)C(C)C)cc1C. The highest BCUT2D eigenvalue weighted by Crippen LogP contribution is 2.22. The average Bonchev–Trinajstić information content (AvgIpc) is 2.19. The van der Waals surface area contributed by atoms with Gasteiger partial charge >= 0.3 is 0 Å². The summed E-state index contributed by atoms with van der Waals surface area (Å²) >= 11 is 0. The standard InChI is InChI=1S/C14H23NO2S/c1-10(2)15(11(3)4)18(16,17)14-8-7-12(5)13(6)9-14/h7-11H,1-6H3. The fourth-order valence-electron chi connectivity index (χ4n) is 2.15. The number of sulfonamides is 1. The molecule has 18 heavy (non-hydrogen) atoms. The van der Waals surface area contributed by atoms with Gasteiger partial charge in [0.05, 0.1) is 4.90 Å². The molecule has 0 aliphatic heterocycles. The third kappa shape index (κ3) is 2.93. The molecule has 1 rings (SSSR count). The van der Waals surface area contributed by atoms with Crippen molar-refractivity contribution in [3.63, 3.8) is 0 Å². The quantitative estimate of drug-likeness (QED) is 0.842. The Hall–Kier alpha value is -0.870. The summed E-state index contributed by atoms with van der Waals surface area (Å²) in [6.07, 6.45) is 0. The molecule has 0 aliphatic rings. The van der Waals surface area contributed by atoms with Crippen LogP contribution in [-0.4, -0.2) is 24.8 Å². The molecule has 1 aromatic rings. The van der Waals surface area contributed by atoms with E-state index in [9.17, 15) is 8.42 Å². The van der Waals surface area contributed by atoms with Crippen LogP contribution in [0.4, 0.5) is 0 Å². The lowest BCUT2D eigenvalue weighted by Crippen LogP contribution is -2.41. The number of hydrogen-bond donors (Lipinski definition) is 0. The Bertz CT molecular complexity index is 511. The van der Waals surface area contributed by atoms with E-state index in [1.54, 1.807) is 16.4 Å². The molecule has 1 aromatic carbocycles. The summed E-state index contributed by atoms with van der Waals surface area (Å²) in [5.41, 5.74) is 2.11. The number of rotatable bonds is 4. The number of aryl methyl sites for hydroxylation is 2. The highest BCUT2D eigenvalue weighted by atomic mass is 32.2. The zero-order chi connectivity index (χ0) is 14.1. The van der Waals surface area contributed by atoms with Gasteiger partial charge in [-0.15, -0.1) is 0 Å². The van der Waals surface area contributed by atoms with Gasteiger partial charge in [-0.2, -0.15) is 4.31 Å². The minimum atomic E-state index is -3.41. The Balaban J connectivity index is 3.31. The minimum absolute atomic E-state index is 0.0448. The molecule has 0 radical (unpaired) electrons. The topological polar surface area (TPSA) is 37.4 Å². The zero-order valence-corrected chi connectivity index (χ0v) is 12.9. The van der Waals surface area contributed by atoms with Crippen LogP contribution in [0.25, 0.3) is 0 Å². The monoisotopic (exact) mass is 269 g/mol. The van der Waals surface area contributed by atoms with Gasteiger partial charge in [-0.3, -0.25) is 0 Å². The Kier molecular flexibility index (Phi) is 4.56. The first-order valence-electron chi connectivity index (χ1n) is 6.28. The van der Waals surface area contributed by atoms with Crippen LogP contribution in [0, 0.1) is 13.8 Å². The summed E-state index contributed by atoms with van der Waals surface area (Å²) in [5.74, 6) is 0. The van der Waals surface area contributed by atoms with Crippen molar-refractivity contribution in [1.29, 1.82) is 0 Å². The van der Waals surface area contributed by atoms with Crippen molar-refractivity contribution in [3.8, 4) is 0 Å². The summed E-state index contributed by atoms with van der Waals surface area (Å²) in [6, 6.07) is 5.21. The lowest BCUT2D eigenvalue weighted by atomic mass is 10.1. The summed E-state index contributed by atoms with van der Waals surface area (Å²) in [4.78, 5) is 0.382. The molecule has 0 unspecified atom stereocenters. The lowest BCUT2D eigenvalue weighted by molar-refractivity contribution is 0.302. The Morgan fingerprint density at radius 1 is 0.944 bits per heavy atom. The Labute approximate surface area is 111 Å². The maximum Gasteiger partial charge on any atom is 0.243 e. The molecule has 0 N–H and O–H groups in total. The predicted molar refractivity (Wildman–Crippen MR) is 75.2 cm³/mol. The highest BCUT2D eigenvalue weighted by molar-refractivity contribution is 7.89. The van der Waals surface area contributed by atoms with Crippen molar-refractivity contribution < 1.29 is 8.42 Å². The second-order valence-corrected chi connectivity index (χ2v) is 7.11. The maximum atomic E-state index is 12.6. The summed E-state index contributed by atoms with van der Waals surface area (Å²) < 4.78 is 26.8. The van der Waals surface area contributed by atoms with Gasteiger partial charge in [0, 0.05) is 12.1 Å². The van der Waals surface area contributed by atoms with Crippen LogP contribution in [0.1, 0.15) is 38.8 Å².